The van der Waals surface area contributed by atoms with Crippen LogP contribution in [0.5, 0.6) is 0 Å². The van der Waals surface area contributed by atoms with E-state index in [-0.39, 0.29) is 5.91 Å². The van der Waals surface area contributed by atoms with Crippen LogP contribution >= 0.6 is 0 Å². The summed E-state index contributed by atoms with van der Waals surface area (Å²) < 4.78 is 0. The predicted molar refractivity (Wildman–Crippen MR) is 60.5 cm³/mol. The van der Waals surface area contributed by atoms with Gasteiger partial charge in [-0.3, -0.25) is 10.1 Å². The molecule has 0 radical (unpaired) electrons. The molecule has 16 heavy (non-hydrogen) atoms. The smallest absolute Gasteiger partial charge is 0.234 e. The Labute approximate surface area is 94.5 Å². The van der Waals surface area contributed by atoms with Crippen molar-refractivity contribution >= 4 is 11.9 Å². The molecule has 1 heterocycles. The molecule has 86 valence electrons. The maximum absolute atomic E-state index is 12.0. The van der Waals surface area contributed by atoms with E-state index in [0.717, 1.165) is 12.8 Å². The fourth-order valence-electron chi connectivity index (χ4n) is 2.32. The van der Waals surface area contributed by atoms with Gasteiger partial charge in [-0.05, 0) is 24.8 Å². The summed E-state index contributed by atoms with van der Waals surface area (Å²) in [6, 6.07) is 1.71. The van der Waals surface area contributed by atoms with Crippen LogP contribution in [-0.2, 0) is 4.79 Å². The van der Waals surface area contributed by atoms with Gasteiger partial charge in [-0.15, -0.1) is 0 Å². The summed E-state index contributed by atoms with van der Waals surface area (Å²) in [6.45, 7) is 2.51. The number of carbonyl (C=O) groups excluding carboxylic acids is 1. The van der Waals surface area contributed by atoms with E-state index >= 15 is 0 Å². The second-order valence-electron chi connectivity index (χ2n) is 4.52. The van der Waals surface area contributed by atoms with Gasteiger partial charge in [-0.25, -0.2) is 9.97 Å². The van der Waals surface area contributed by atoms with E-state index in [0.29, 0.717) is 18.4 Å². The quantitative estimate of drug-likeness (QED) is 0.789. The lowest BCUT2D eigenvalue weighted by atomic mass is 9.62. The molecule has 3 N–H and O–H groups in total. The number of nitrogens with one attached hydrogen (secondary N) is 1. The number of nitrogens with two attached hydrogens (primary N) is 1. The molecule has 0 bridgehead atoms. The Balaban J connectivity index is 2.03. The standard InChI is InChI=1S/C11H16N4O/c1-8-5-11(6-8,7-12)9(16)15-10-13-3-2-4-14-10/h2-4,8H,5-7,12H2,1H3,(H,13,14,15,16). The van der Waals surface area contributed by atoms with Gasteiger partial charge in [0.2, 0.25) is 11.9 Å². The zero-order valence-electron chi connectivity index (χ0n) is 9.31. The summed E-state index contributed by atoms with van der Waals surface area (Å²) in [6.07, 6.45) is 4.90. The lowest BCUT2D eigenvalue weighted by Crippen LogP contribution is -2.51. The largest absolute Gasteiger partial charge is 0.329 e. The van der Waals surface area contributed by atoms with Gasteiger partial charge in [0.1, 0.15) is 0 Å². The van der Waals surface area contributed by atoms with Gasteiger partial charge in [-0.1, -0.05) is 6.92 Å². The zero-order valence-corrected chi connectivity index (χ0v) is 9.31. The van der Waals surface area contributed by atoms with E-state index in [1.165, 1.54) is 0 Å². The minimum absolute atomic E-state index is 0.0562. The Morgan fingerprint density at radius 2 is 2.19 bits per heavy atom. The molecule has 1 aromatic heterocycles. The van der Waals surface area contributed by atoms with Crippen LogP contribution in [0.4, 0.5) is 5.95 Å². The lowest BCUT2D eigenvalue weighted by molar-refractivity contribution is -0.132. The molecular formula is C11H16N4O. The highest BCUT2D eigenvalue weighted by Gasteiger charge is 2.47. The van der Waals surface area contributed by atoms with Crippen molar-refractivity contribution in [2.45, 2.75) is 19.8 Å². The zero-order chi connectivity index (χ0) is 11.6. The first-order valence-corrected chi connectivity index (χ1v) is 5.45. The van der Waals surface area contributed by atoms with Crippen LogP contribution in [0, 0.1) is 11.3 Å². The lowest BCUT2D eigenvalue weighted by Gasteiger charge is -2.43. The number of amides is 1. The van der Waals surface area contributed by atoms with Gasteiger partial charge in [0.05, 0.1) is 5.41 Å². The SMILES string of the molecule is CC1CC(CN)(C(=O)Nc2ncccn2)C1. The van der Waals surface area contributed by atoms with Crippen LogP contribution in [0.15, 0.2) is 18.5 Å². The van der Waals surface area contributed by atoms with Gasteiger partial charge in [-0.2, -0.15) is 0 Å². The normalized spacial score (nSPS) is 28.2. The molecule has 1 saturated carbocycles. The van der Waals surface area contributed by atoms with Crippen molar-refractivity contribution in [3.05, 3.63) is 18.5 Å². The third kappa shape index (κ3) is 1.90. The molecule has 5 nitrogen and oxygen atoms in total. The van der Waals surface area contributed by atoms with E-state index in [1.54, 1.807) is 18.5 Å². The molecule has 1 aromatic rings. The van der Waals surface area contributed by atoms with Gasteiger partial charge in [0.15, 0.2) is 0 Å². The van der Waals surface area contributed by atoms with E-state index in [2.05, 4.69) is 22.2 Å². The summed E-state index contributed by atoms with van der Waals surface area (Å²) in [5, 5.41) is 2.72. The minimum Gasteiger partial charge on any atom is -0.329 e. The molecule has 2 rings (SSSR count). The van der Waals surface area contributed by atoms with Gasteiger partial charge >= 0.3 is 0 Å². The van der Waals surface area contributed by atoms with Crippen LogP contribution in [0.3, 0.4) is 0 Å². The fourth-order valence-corrected chi connectivity index (χ4v) is 2.32. The van der Waals surface area contributed by atoms with E-state index in [4.69, 9.17) is 5.73 Å². The number of rotatable bonds is 3. The Morgan fingerprint density at radius 1 is 1.56 bits per heavy atom. The molecule has 0 saturated heterocycles. The summed E-state index contributed by atoms with van der Waals surface area (Å²) in [5.74, 6) is 0.866. The maximum atomic E-state index is 12.0. The molecule has 0 aromatic carbocycles. The molecule has 1 amide bonds. The second-order valence-corrected chi connectivity index (χ2v) is 4.52. The highest BCUT2D eigenvalue weighted by molar-refractivity contribution is 5.94. The van der Waals surface area contributed by atoms with Crippen LogP contribution in [-0.4, -0.2) is 22.4 Å². The minimum atomic E-state index is -0.404. The third-order valence-corrected chi connectivity index (χ3v) is 3.14. The Kier molecular flexibility index (Phi) is 2.87. The first-order valence-electron chi connectivity index (χ1n) is 5.45. The van der Waals surface area contributed by atoms with Crippen molar-refractivity contribution in [2.75, 3.05) is 11.9 Å². The number of hydrogen-bond acceptors (Lipinski definition) is 4. The van der Waals surface area contributed by atoms with Crippen molar-refractivity contribution in [3.8, 4) is 0 Å². The van der Waals surface area contributed by atoms with E-state index in [1.807, 2.05) is 0 Å². The molecule has 1 aliphatic carbocycles. The molecule has 0 unspecified atom stereocenters. The molecule has 0 aliphatic heterocycles. The number of anilines is 1. The molecule has 1 fully saturated rings. The van der Waals surface area contributed by atoms with Gasteiger partial charge in [0.25, 0.3) is 0 Å². The first kappa shape index (κ1) is 11.0. The average molecular weight is 220 g/mol. The highest BCUT2D eigenvalue weighted by Crippen LogP contribution is 2.45. The molecule has 1 aliphatic rings. The van der Waals surface area contributed by atoms with Crippen LogP contribution in [0.25, 0.3) is 0 Å². The molecule has 0 spiro atoms. The summed E-state index contributed by atoms with van der Waals surface area (Å²) in [5.41, 5.74) is 5.28. The monoisotopic (exact) mass is 220 g/mol. The van der Waals surface area contributed by atoms with Crippen molar-refractivity contribution in [1.29, 1.82) is 0 Å². The topological polar surface area (TPSA) is 80.9 Å². The third-order valence-electron chi connectivity index (χ3n) is 3.14. The van der Waals surface area contributed by atoms with Crippen LogP contribution < -0.4 is 11.1 Å². The molecule has 0 atom stereocenters. The number of aromatic nitrogens is 2. The Hall–Kier alpha value is -1.49. The Morgan fingerprint density at radius 3 is 2.69 bits per heavy atom. The average Bonchev–Trinajstić information content (AvgIpc) is 2.25. The fraction of sp³-hybridized carbons (Fsp3) is 0.545. The number of hydrogen-bond donors (Lipinski definition) is 2. The Bertz CT molecular complexity index is 373. The number of nitrogens with zero attached hydrogens (tertiary/aromatic N) is 2. The highest BCUT2D eigenvalue weighted by atomic mass is 16.2. The van der Waals surface area contributed by atoms with Gasteiger partial charge < -0.3 is 5.73 Å². The van der Waals surface area contributed by atoms with Crippen molar-refractivity contribution in [2.24, 2.45) is 17.1 Å². The van der Waals surface area contributed by atoms with Crippen molar-refractivity contribution < 1.29 is 4.79 Å². The second kappa shape index (κ2) is 4.17. The maximum Gasteiger partial charge on any atom is 0.234 e. The van der Waals surface area contributed by atoms with Gasteiger partial charge in [0, 0.05) is 18.9 Å². The van der Waals surface area contributed by atoms with E-state index < -0.39 is 5.41 Å². The van der Waals surface area contributed by atoms with Crippen LogP contribution in [0.2, 0.25) is 0 Å². The molecular weight excluding hydrogens is 204 g/mol. The van der Waals surface area contributed by atoms with E-state index in [9.17, 15) is 4.79 Å². The summed E-state index contributed by atoms with van der Waals surface area (Å²) in [4.78, 5) is 19.9. The van der Waals surface area contributed by atoms with Crippen LogP contribution in [0.1, 0.15) is 19.8 Å². The molecule has 5 heteroatoms. The summed E-state index contributed by atoms with van der Waals surface area (Å²) >= 11 is 0. The first-order chi connectivity index (χ1) is 7.66. The van der Waals surface area contributed by atoms with Crippen molar-refractivity contribution in [3.63, 3.8) is 0 Å². The predicted octanol–water partition coefficient (Wildman–Crippen LogP) is 0.790. The number of carbonyl (C=O) groups is 1. The van der Waals surface area contributed by atoms with Crippen molar-refractivity contribution in [1.82, 2.24) is 9.97 Å². The summed E-state index contributed by atoms with van der Waals surface area (Å²) in [7, 11) is 0.